The summed E-state index contributed by atoms with van der Waals surface area (Å²) in [6.45, 7) is 5.90. The van der Waals surface area contributed by atoms with Crippen molar-refractivity contribution in [2.75, 3.05) is 11.9 Å². The van der Waals surface area contributed by atoms with Gasteiger partial charge in [-0.1, -0.05) is 38.1 Å². The number of amides is 1. The molecule has 5 rings (SSSR count). The number of hydrogen-bond acceptors (Lipinski definition) is 6. The van der Waals surface area contributed by atoms with Crippen LogP contribution in [0.4, 0.5) is 5.69 Å². The number of ketones is 1. The first-order chi connectivity index (χ1) is 16.3. The van der Waals surface area contributed by atoms with E-state index in [0.717, 1.165) is 11.1 Å². The molecule has 172 valence electrons. The lowest BCUT2D eigenvalue weighted by Crippen LogP contribution is -2.29. The Morgan fingerprint density at radius 3 is 2.62 bits per heavy atom. The Morgan fingerprint density at radius 1 is 1.12 bits per heavy atom. The van der Waals surface area contributed by atoms with Gasteiger partial charge in [-0.05, 0) is 42.2 Å². The van der Waals surface area contributed by atoms with Gasteiger partial charge in [-0.3, -0.25) is 19.0 Å². The van der Waals surface area contributed by atoms with Gasteiger partial charge in [0.1, 0.15) is 10.6 Å². The summed E-state index contributed by atoms with van der Waals surface area (Å²) in [4.78, 5) is 43.5. The number of hydrogen-bond donors (Lipinski definition) is 1. The first kappa shape index (κ1) is 22.0. The van der Waals surface area contributed by atoms with Gasteiger partial charge in [-0.15, -0.1) is 11.3 Å². The molecule has 1 N–H and O–H groups in total. The van der Waals surface area contributed by atoms with Crippen molar-refractivity contribution in [3.8, 4) is 16.9 Å². The summed E-state index contributed by atoms with van der Waals surface area (Å²) in [6.07, 6.45) is 1.43. The highest BCUT2D eigenvalue weighted by molar-refractivity contribution is 7.17. The van der Waals surface area contributed by atoms with E-state index in [1.54, 1.807) is 25.1 Å². The maximum atomic E-state index is 13.5. The summed E-state index contributed by atoms with van der Waals surface area (Å²) >= 11 is 1.41. The molecule has 4 aromatic rings. The van der Waals surface area contributed by atoms with Crippen molar-refractivity contribution in [2.24, 2.45) is 0 Å². The van der Waals surface area contributed by atoms with Gasteiger partial charge in [-0.2, -0.15) is 0 Å². The number of nitrogens with zero attached hydrogens (tertiary/aromatic N) is 2. The third-order valence-corrected chi connectivity index (χ3v) is 6.99. The second kappa shape index (κ2) is 8.53. The van der Waals surface area contributed by atoms with E-state index in [2.05, 4.69) is 36.3 Å². The van der Waals surface area contributed by atoms with Crippen LogP contribution in [-0.2, 0) is 4.79 Å². The van der Waals surface area contributed by atoms with Crippen LogP contribution in [0.1, 0.15) is 48.7 Å². The molecule has 0 aliphatic carbocycles. The van der Waals surface area contributed by atoms with Gasteiger partial charge in [0.15, 0.2) is 12.4 Å². The average molecular weight is 474 g/mol. The second-order valence-electron chi connectivity index (χ2n) is 8.65. The molecule has 0 radical (unpaired) electrons. The second-order valence-corrected chi connectivity index (χ2v) is 9.51. The molecule has 0 spiro atoms. The minimum absolute atomic E-state index is 0.0546. The molecule has 2 aromatic carbocycles. The van der Waals surface area contributed by atoms with Crippen LogP contribution < -0.4 is 15.6 Å². The van der Waals surface area contributed by atoms with E-state index in [0.29, 0.717) is 33.1 Å². The van der Waals surface area contributed by atoms with E-state index in [-0.39, 0.29) is 23.9 Å². The molecule has 3 heterocycles. The number of thiophene rings is 1. The molecule has 0 saturated carbocycles. The molecular formula is C26H23N3O4S. The van der Waals surface area contributed by atoms with E-state index in [1.165, 1.54) is 27.8 Å². The van der Waals surface area contributed by atoms with E-state index in [4.69, 9.17) is 4.74 Å². The lowest BCUT2D eigenvalue weighted by Gasteiger charge is -2.19. The summed E-state index contributed by atoms with van der Waals surface area (Å²) in [6, 6.07) is 12.3. The summed E-state index contributed by atoms with van der Waals surface area (Å²) < 4.78 is 6.74. The van der Waals surface area contributed by atoms with Gasteiger partial charge in [0, 0.05) is 16.5 Å². The third kappa shape index (κ3) is 3.80. The molecule has 1 atom stereocenters. The van der Waals surface area contributed by atoms with Crippen LogP contribution in [0.15, 0.2) is 59.0 Å². The zero-order valence-electron chi connectivity index (χ0n) is 19.0. The zero-order valence-corrected chi connectivity index (χ0v) is 19.8. The molecule has 1 aliphatic rings. The summed E-state index contributed by atoms with van der Waals surface area (Å²) in [5, 5.41) is 5.15. The Morgan fingerprint density at radius 2 is 1.88 bits per heavy atom. The molecule has 1 unspecified atom stereocenters. The predicted octanol–water partition coefficient (Wildman–Crippen LogP) is 5.02. The fourth-order valence-electron chi connectivity index (χ4n) is 4.09. The minimum atomic E-state index is -0.779. The highest BCUT2D eigenvalue weighted by Crippen LogP contribution is 2.33. The monoisotopic (exact) mass is 473 g/mol. The summed E-state index contributed by atoms with van der Waals surface area (Å²) in [7, 11) is 0. The SMILES string of the molecule is CC(C)c1ccc(-c2csc3ncn(C(C)C(=O)c4ccc5c(c4)NC(=O)CO5)c(=O)c23)cc1. The van der Waals surface area contributed by atoms with Crippen molar-refractivity contribution < 1.29 is 14.3 Å². The van der Waals surface area contributed by atoms with Gasteiger partial charge in [0.25, 0.3) is 11.5 Å². The van der Waals surface area contributed by atoms with E-state index < -0.39 is 6.04 Å². The lowest BCUT2D eigenvalue weighted by atomic mass is 9.99. The maximum absolute atomic E-state index is 13.5. The maximum Gasteiger partial charge on any atom is 0.263 e. The van der Waals surface area contributed by atoms with Gasteiger partial charge in [0.05, 0.1) is 23.4 Å². The number of ether oxygens (including phenoxy) is 1. The van der Waals surface area contributed by atoms with Gasteiger partial charge in [-0.25, -0.2) is 4.98 Å². The van der Waals surface area contributed by atoms with Crippen LogP contribution in [0.2, 0.25) is 0 Å². The average Bonchev–Trinajstić information content (AvgIpc) is 3.28. The normalized spacial score (nSPS) is 13.9. The van der Waals surface area contributed by atoms with Crippen LogP contribution >= 0.6 is 11.3 Å². The van der Waals surface area contributed by atoms with Crippen LogP contribution in [0.25, 0.3) is 21.3 Å². The Balaban J connectivity index is 1.52. The number of benzene rings is 2. The fraction of sp³-hybridized carbons (Fsp3) is 0.231. The van der Waals surface area contributed by atoms with Crippen LogP contribution in [0.3, 0.4) is 0 Å². The third-order valence-electron chi connectivity index (χ3n) is 6.10. The molecule has 0 bridgehead atoms. The highest BCUT2D eigenvalue weighted by Gasteiger charge is 2.24. The molecule has 1 amide bonds. The number of aromatic nitrogens is 2. The topological polar surface area (TPSA) is 90.3 Å². The lowest BCUT2D eigenvalue weighted by molar-refractivity contribution is -0.118. The van der Waals surface area contributed by atoms with Crippen molar-refractivity contribution in [2.45, 2.75) is 32.7 Å². The van der Waals surface area contributed by atoms with Gasteiger partial charge in [0.2, 0.25) is 0 Å². The smallest absolute Gasteiger partial charge is 0.263 e. The Bertz CT molecular complexity index is 1480. The van der Waals surface area contributed by atoms with Crippen molar-refractivity contribution in [3.05, 3.63) is 75.7 Å². The Labute approximate surface area is 200 Å². The van der Waals surface area contributed by atoms with Crippen LogP contribution in [-0.4, -0.2) is 27.8 Å². The van der Waals surface area contributed by atoms with E-state index in [1.807, 2.05) is 17.5 Å². The quantitative estimate of drug-likeness (QED) is 0.411. The number of carbonyl (C=O) groups is 2. The molecule has 8 heteroatoms. The number of rotatable bonds is 5. The van der Waals surface area contributed by atoms with Gasteiger partial charge >= 0.3 is 0 Å². The van der Waals surface area contributed by atoms with E-state index >= 15 is 0 Å². The fourth-order valence-corrected chi connectivity index (χ4v) is 4.99. The molecule has 34 heavy (non-hydrogen) atoms. The zero-order chi connectivity index (χ0) is 24.0. The number of carbonyl (C=O) groups excluding carboxylic acids is 2. The molecule has 0 fully saturated rings. The first-order valence-electron chi connectivity index (χ1n) is 11.0. The molecule has 1 aliphatic heterocycles. The largest absolute Gasteiger partial charge is 0.482 e. The van der Waals surface area contributed by atoms with Crippen LogP contribution in [0, 0.1) is 0 Å². The molecule has 0 saturated heterocycles. The van der Waals surface area contributed by atoms with Crippen LogP contribution in [0.5, 0.6) is 5.75 Å². The van der Waals surface area contributed by atoms with Gasteiger partial charge < -0.3 is 10.1 Å². The van der Waals surface area contributed by atoms with Crippen molar-refractivity contribution in [1.29, 1.82) is 0 Å². The minimum Gasteiger partial charge on any atom is -0.482 e. The predicted molar refractivity (Wildman–Crippen MR) is 133 cm³/mol. The standard InChI is InChI=1S/C26H23N3O4S/c1-14(2)16-4-6-17(7-5-16)19-12-34-25-23(19)26(32)29(13-27-25)15(3)24(31)18-8-9-21-20(10-18)28-22(30)11-33-21/h4-10,12-15H,11H2,1-3H3,(H,28,30). The number of fused-ring (bicyclic) bond motifs is 2. The van der Waals surface area contributed by atoms with E-state index in [9.17, 15) is 14.4 Å². The van der Waals surface area contributed by atoms with Crippen molar-refractivity contribution in [1.82, 2.24) is 9.55 Å². The number of anilines is 1. The van der Waals surface area contributed by atoms with Crippen molar-refractivity contribution in [3.63, 3.8) is 0 Å². The first-order valence-corrected chi connectivity index (χ1v) is 11.9. The Kier molecular flexibility index (Phi) is 5.53. The number of nitrogens with one attached hydrogen (secondary N) is 1. The molecular weight excluding hydrogens is 450 g/mol. The molecule has 7 nitrogen and oxygen atoms in total. The summed E-state index contributed by atoms with van der Waals surface area (Å²) in [5.41, 5.74) is 3.54. The Hall–Kier alpha value is -3.78. The number of Topliss-reactive ketones (excluding diaryl/α,β-unsaturated/α-hetero) is 1. The highest BCUT2D eigenvalue weighted by atomic mass is 32.1. The molecule has 2 aromatic heterocycles. The van der Waals surface area contributed by atoms with Crippen molar-refractivity contribution >= 4 is 38.9 Å². The summed E-state index contributed by atoms with van der Waals surface area (Å²) in [5.74, 6) is 0.393.